The summed E-state index contributed by atoms with van der Waals surface area (Å²) in [7, 11) is -1.98. The lowest BCUT2D eigenvalue weighted by molar-refractivity contribution is 0.0774. The first-order chi connectivity index (χ1) is 8.42. The van der Waals surface area contributed by atoms with Crippen molar-refractivity contribution in [1.29, 1.82) is 0 Å². The van der Waals surface area contributed by atoms with Crippen LogP contribution in [0.5, 0.6) is 0 Å². The topological polar surface area (TPSA) is 99.2 Å². The number of aryl methyl sites for hydroxylation is 1. The molecule has 1 unspecified atom stereocenters. The van der Waals surface area contributed by atoms with Crippen LogP contribution < -0.4 is 10.5 Å². The molecule has 0 spiro atoms. The Morgan fingerprint density at radius 2 is 2.28 bits per heavy atom. The van der Waals surface area contributed by atoms with Gasteiger partial charge in [0.15, 0.2) is 5.82 Å². The van der Waals surface area contributed by atoms with Crippen LogP contribution in [0.3, 0.4) is 0 Å². The molecule has 1 aliphatic rings. The first-order valence-electron chi connectivity index (χ1n) is 5.81. The number of nitrogens with two attached hydrogens (primary N) is 1. The average molecular weight is 274 g/mol. The molecule has 8 heteroatoms. The maximum absolute atomic E-state index is 12.3. The molecule has 0 bridgehead atoms. The Hall–Kier alpha value is -1.12. The highest BCUT2D eigenvalue weighted by molar-refractivity contribution is 7.89. The molecule has 1 atom stereocenters. The standard InChI is InChI=1S/C10H18N4O3S/c1-7-9(10(11)12-14(7)2)18(15,16)13-8-4-3-5-17-6-8/h8,13H,3-6H2,1-2H3,(H2,11,12). The van der Waals surface area contributed by atoms with Gasteiger partial charge in [-0.25, -0.2) is 13.1 Å². The van der Waals surface area contributed by atoms with E-state index in [0.29, 0.717) is 18.9 Å². The van der Waals surface area contributed by atoms with Crippen molar-refractivity contribution in [1.82, 2.24) is 14.5 Å². The van der Waals surface area contributed by atoms with Gasteiger partial charge in [0.05, 0.1) is 12.3 Å². The molecule has 0 aliphatic carbocycles. The van der Waals surface area contributed by atoms with Crippen molar-refractivity contribution in [2.24, 2.45) is 7.05 Å². The Morgan fingerprint density at radius 1 is 1.56 bits per heavy atom. The van der Waals surface area contributed by atoms with Crippen molar-refractivity contribution in [3.05, 3.63) is 5.69 Å². The number of aromatic nitrogens is 2. The number of nitrogens with one attached hydrogen (secondary N) is 1. The number of anilines is 1. The number of nitrogen functional groups attached to an aromatic ring is 1. The van der Waals surface area contributed by atoms with Crippen LogP contribution in [0.4, 0.5) is 5.82 Å². The minimum absolute atomic E-state index is 0.0271. The minimum Gasteiger partial charge on any atom is -0.381 e. The number of nitrogens with zero attached hydrogens (tertiary/aromatic N) is 2. The summed E-state index contributed by atoms with van der Waals surface area (Å²) in [5.41, 5.74) is 6.18. The van der Waals surface area contributed by atoms with Crippen LogP contribution in [0, 0.1) is 6.92 Å². The summed E-state index contributed by atoms with van der Waals surface area (Å²) in [6, 6.07) is -0.192. The number of hydrogen-bond donors (Lipinski definition) is 2. The van der Waals surface area contributed by atoms with E-state index in [1.807, 2.05) is 0 Å². The molecule has 18 heavy (non-hydrogen) atoms. The van der Waals surface area contributed by atoms with Gasteiger partial charge in [-0.15, -0.1) is 0 Å². The molecule has 0 radical (unpaired) electrons. The third-order valence-corrected chi connectivity index (χ3v) is 4.74. The van der Waals surface area contributed by atoms with Crippen molar-refractivity contribution < 1.29 is 13.2 Å². The van der Waals surface area contributed by atoms with Crippen LogP contribution in [0.1, 0.15) is 18.5 Å². The van der Waals surface area contributed by atoms with Gasteiger partial charge < -0.3 is 10.5 Å². The highest BCUT2D eigenvalue weighted by Crippen LogP contribution is 2.22. The summed E-state index contributed by atoms with van der Waals surface area (Å²) in [5.74, 6) is 0.0271. The number of ether oxygens (including phenoxy) is 1. The summed E-state index contributed by atoms with van der Waals surface area (Å²) >= 11 is 0. The third kappa shape index (κ3) is 2.50. The van der Waals surface area contributed by atoms with E-state index in [4.69, 9.17) is 10.5 Å². The lowest BCUT2D eigenvalue weighted by atomic mass is 10.1. The second kappa shape index (κ2) is 4.87. The van der Waals surface area contributed by atoms with Gasteiger partial charge in [0.25, 0.3) is 0 Å². The predicted octanol–water partition coefficient (Wildman–Crippen LogP) is -0.232. The van der Waals surface area contributed by atoms with Gasteiger partial charge in [0.2, 0.25) is 10.0 Å². The molecular formula is C10H18N4O3S. The highest BCUT2D eigenvalue weighted by atomic mass is 32.2. The maximum atomic E-state index is 12.3. The smallest absolute Gasteiger partial charge is 0.246 e. The van der Waals surface area contributed by atoms with Crippen LogP contribution in [-0.2, 0) is 21.8 Å². The minimum atomic E-state index is -3.64. The lowest BCUT2D eigenvalue weighted by Gasteiger charge is -2.22. The number of rotatable bonds is 3. The van der Waals surface area contributed by atoms with Crippen molar-refractivity contribution in [2.75, 3.05) is 18.9 Å². The summed E-state index contributed by atoms with van der Waals surface area (Å²) in [4.78, 5) is 0.0653. The van der Waals surface area contributed by atoms with Crippen molar-refractivity contribution in [3.8, 4) is 0 Å². The second-order valence-electron chi connectivity index (χ2n) is 4.46. The van der Waals surface area contributed by atoms with Crippen LogP contribution in [0.15, 0.2) is 4.90 Å². The molecule has 7 nitrogen and oxygen atoms in total. The van der Waals surface area contributed by atoms with Crippen LogP contribution >= 0.6 is 0 Å². The number of hydrogen-bond acceptors (Lipinski definition) is 5. The van der Waals surface area contributed by atoms with Crippen molar-refractivity contribution in [2.45, 2.75) is 30.7 Å². The Morgan fingerprint density at radius 3 is 2.78 bits per heavy atom. The zero-order valence-corrected chi connectivity index (χ0v) is 11.3. The van der Waals surface area contributed by atoms with Gasteiger partial charge >= 0.3 is 0 Å². The third-order valence-electron chi connectivity index (χ3n) is 3.06. The molecule has 0 amide bonds. The van der Waals surface area contributed by atoms with Crippen LogP contribution in [0.2, 0.25) is 0 Å². The van der Waals surface area contributed by atoms with Gasteiger partial charge in [-0.2, -0.15) is 5.10 Å². The first kappa shape index (κ1) is 13.3. The van der Waals surface area contributed by atoms with E-state index in [0.717, 1.165) is 12.8 Å². The van der Waals surface area contributed by atoms with Crippen molar-refractivity contribution in [3.63, 3.8) is 0 Å². The fraction of sp³-hybridized carbons (Fsp3) is 0.700. The molecule has 1 aromatic heterocycles. The summed E-state index contributed by atoms with van der Waals surface area (Å²) in [5, 5.41) is 3.91. The Bertz CT molecular complexity index is 532. The molecule has 102 valence electrons. The largest absolute Gasteiger partial charge is 0.381 e. The molecular weight excluding hydrogens is 256 g/mol. The van der Waals surface area contributed by atoms with E-state index < -0.39 is 10.0 Å². The van der Waals surface area contributed by atoms with Crippen LogP contribution in [0.25, 0.3) is 0 Å². The van der Waals surface area contributed by atoms with Gasteiger partial charge in [0, 0.05) is 19.7 Å². The zero-order chi connectivity index (χ0) is 13.3. The normalized spacial score (nSPS) is 21.1. The maximum Gasteiger partial charge on any atom is 0.246 e. The fourth-order valence-corrected chi connectivity index (χ4v) is 3.64. The molecule has 3 N–H and O–H groups in total. The SMILES string of the molecule is Cc1c(S(=O)(=O)NC2CCCOC2)c(N)nn1C. The monoisotopic (exact) mass is 274 g/mol. The predicted molar refractivity (Wildman–Crippen MR) is 66.5 cm³/mol. The Balaban J connectivity index is 2.24. The van der Waals surface area contributed by atoms with Gasteiger partial charge in [-0.1, -0.05) is 0 Å². The molecule has 1 aliphatic heterocycles. The van der Waals surface area contributed by atoms with E-state index in [2.05, 4.69) is 9.82 Å². The van der Waals surface area contributed by atoms with Crippen LogP contribution in [-0.4, -0.2) is 37.5 Å². The Labute approximate surface area is 106 Å². The lowest BCUT2D eigenvalue weighted by Crippen LogP contribution is -2.40. The van der Waals surface area contributed by atoms with Gasteiger partial charge in [0.1, 0.15) is 4.90 Å². The first-order valence-corrected chi connectivity index (χ1v) is 7.29. The molecule has 1 saturated heterocycles. The van der Waals surface area contributed by atoms with E-state index in [9.17, 15) is 8.42 Å². The van der Waals surface area contributed by atoms with E-state index in [-0.39, 0.29) is 16.8 Å². The second-order valence-corrected chi connectivity index (χ2v) is 6.11. The Kier molecular flexibility index (Phi) is 3.60. The number of sulfonamides is 1. The summed E-state index contributed by atoms with van der Waals surface area (Å²) in [6.07, 6.45) is 1.63. The van der Waals surface area contributed by atoms with Gasteiger partial charge in [-0.3, -0.25) is 4.68 Å². The summed E-state index contributed by atoms with van der Waals surface area (Å²) in [6.45, 7) is 2.76. The molecule has 2 rings (SSSR count). The molecule has 1 aromatic rings. The highest BCUT2D eigenvalue weighted by Gasteiger charge is 2.28. The quantitative estimate of drug-likeness (QED) is 0.793. The zero-order valence-electron chi connectivity index (χ0n) is 10.5. The molecule has 1 fully saturated rings. The average Bonchev–Trinajstić information content (AvgIpc) is 2.54. The van der Waals surface area contributed by atoms with E-state index in [1.54, 1.807) is 14.0 Å². The molecule has 0 aromatic carbocycles. The van der Waals surface area contributed by atoms with E-state index in [1.165, 1.54) is 4.68 Å². The fourth-order valence-electron chi connectivity index (χ4n) is 2.06. The van der Waals surface area contributed by atoms with Crippen molar-refractivity contribution >= 4 is 15.8 Å². The van der Waals surface area contributed by atoms with E-state index >= 15 is 0 Å². The van der Waals surface area contributed by atoms with Gasteiger partial charge in [-0.05, 0) is 19.8 Å². The molecule has 2 heterocycles. The summed E-state index contributed by atoms with van der Waals surface area (Å²) < 4.78 is 33.8. The molecule has 0 saturated carbocycles.